The molecular formula is C22H25ClO3. The summed E-state index contributed by atoms with van der Waals surface area (Å²) >= 11 is 6.43. The summed E-state index contributed by atoms with van der Waals surface area (Å²) in [5.74, 6) is 3.78. The van der Waals surface area contributed by atoms with Gasteiger partial charge in [0.05, 0.1) is 5.03 Å². The minimum atomic E-state index is -0.333. The average Bonchev–Trinajstić information content (AvgIpc) is 3.26. The number of fused-ring (bicyclic) bond motifs is 9. The summed E-state index contributed by atoms with van der Waals surface area (Å²) in [7, 11) is 0. The lowest BCUT2D eigenvalue weighted by Gasteiger charge is -2.56. The number of rotatable bonds is 0. The minimum Gasteiger partial charge on any atom is -0.451 e. The molecule has 1 spiro atoms. The molecule has 138 valence electrons. The third kappa shape index (κ3) is 1.68. The van der Waals surface area contributed by atoms with Gasteiger partial charge in [0.25, 0.3) is 0 Å². The molecule has 1 heterocycles. The zero-order chi connectivity index (χ0) is 17.8. The van der Waals surface area contributed by atoms with Gasteiger partial charge in [-0.05, 0) is 79.8 Å². The van der Waals surface area contributed by atoms with Crippen LogP contribution >= 0.6 is 11.6 Å². The maximum atomic E-state index is 12.1. The SMILES string of the molecule is C[C@]12CC[C@H]3[C@@H](CCC4=C(Cl)C(=O)CC[C@@H]43)[C@@H]1[C@H]1C[C@H]1[C@@]21C=CC(=O)O1. The summed E-state index contributed by atoms with van der Waals surface area (Å²) in [6, 6.07) is 0. The number of hydrogen-bond donors (Lipinski definition) is 0. The second-order valence-corrected chi connectivity index (χ2v) is 10.2. The normalized spacial score (nSPS) is 53.9. The molecule has 5 aliphatic carbocycles. The monoisotopic (exact) mass is 372 g/mol. The Balaban J connectivity index is 1.39. The summed E-state index contributed by atoms with van der Waals surface area (Å²) in [6.45, 7) is 2.39. The fourth-order valence-corrected chi connectivity index (χ4v) is 8.52. The predicted octanol–water partition coefficient (Wildman–Crippen LogP) is 4.40. The molecule has 0 aromatic carbocycles. The molecule has 8 atom stereocenters. The van der Waals surface area contributed by atoms with Crippen molar-refractivity contribution in [3.05, 3.63) is 22.8 Å². The maximum Gasteiger partial charge on any atom is 0.331 e. The van der Waals surface area contributed by atoms with Gasteiger partial charge in [-0.1, -0.05) is 18.5 Å². The summed E-state index contributed by atoms with van der Waals surface area (Å²) in [6.07, 6.45) is 11.1. The van der Waals surface area contributed by atoms with Crippen molar-refractivity contribution in [1.29, 1.82) is 0 Å². The number of Topliss-reactive ketones (excluding diaryl/α,β-unsaturated/α-hetero) is 1. The number of esters is 1. The summed E-state index contributed by atoms with van der Waals surface area (Å²) < 4.78 is 6.03. The van der Waals surface area contributed by atoms with Crippen LogP contribution in [0.5, 0.6) is 0 Å². The molecule has 0 saturated heterocycles. The smallest absolute Gasteiger partial charge is 0.331 e. The zero-order valence-corrected chi connectivity index (χ0v) is 15.9. The predicted molar refractivity (Wildman–Crippen MR) is 97.2 cm³/mol. The second kappa shape index (κ2) is 4.84. The fraction of sp³-hybridized carbons (Fsp3) is 0.727. The Bertz CT molecular complexity index is 797. The first kappa shape index (κ1) is 15.9. The molecule has 0 bridgehead atoms. The lowest BCUT2D eigenvalue weighted by molar-refractivity contribution is -0.167. The van der Waals surface area contributed by atoms with Crippen LogP contribution in [0.25, 0.3) is 0 Å². The van der Waals surface area contributed by atoms with Gasteiger partial charge in [0, 0.05) is 23.8 Å². The number of allylic oxidation sites excluding steroid dienone is 1. The van der Waals surface area contributed by atoms with Crippen LogP contribution in [0.2, 0.25) is 0 Å². The van der Waals surface area contributed by atoms with E-state index in [9.17, 15) is 9.59 Å². The van der Waals surface area contributed by atoms with Crippen molar-refractivity contribution in [1.82, 2.24) is 0 Å². The molecule has 6 aliphatic rings. The van der Waals surface area contributed by atoms with Crippen molar-refractivity contribution in [2.75, 3.05) is 0 Å². The van der Waals surface area contributed by atoms with E-state index < -0.39 is 0 Å². The van der Waals surface area contributed by atoms with Gasteiger partial charge in [-0.3, -0.25) is 4.79 Å². The topological polar surface area (TPSA) is 43.4 Å². The van der Waals surface area contributed by atoms with Gasteiger partial charge in [-0.15, -0.1) is 0 Å². The highest BCUT2D eigenvalue weighted by Gasteiger charge is 2.77. The Morgan fingerprint density at radius 1 is 1.12 bits per heavy atom. The van der Waals surface area contributed by atoms with E-state index in [0.717, 1.165) is 31.6 Å². The van der Waals surface area contributed by atoms with Gasteiger partial charge < -0.3 is 4.74 Å². The van der Waals surface area contributed by atoms with Gasteiger partial charge in [0.15, 0.2) is 5.78 Å². The number of ketones is 1. The largest absolute Gasteiger partial charge is 0.451 e. The van der Waals surface area contributed by atoms with Crippen molar-refractivity contribution < 1.29 is 14.3 Å². The van der Waals surface area contributed by atoms with Gasteiger partial charge in [0.2, 0.25) is 0 Å². The van der Waals surface area contributed by atoms with Crippen molar-refractivity contribution in [2.24, 2.45) is 40.9 Å². The quantitative estimate of drug-likeness (QED) is 0.592. The van der Waals surface area contributed by atoms with Crippen LogP contribution in [0.15, 0.2) is 22.8 Å². The van der Waals surface area contributed by atoms with E-state index in [2.05, 4.69) is 13.0 Å². The number of halogens is 1. The highest BCUT2D eigenvalue weighted by molar-refractivity contribution is 6.43. The van der Waals surface area contributed by atoms with E-state index in [1.165, 1.54) is 18.4 Å². The van der Waals surface area contributed by atoms with Crippen LogP contribution in [0, 0.1) is 40.9 Å². The van der Waals surface area contributed by atoms with Gasteiger partial charge in [-0.2, -0.15) is 0 Å². The fourth-order valence-electron chi connectivity index (χ4n) is 8.19. The molecule has 26 heavy (non-hydrogen) atoms. The number of carbonyl (C=O) groups excluding carboxylic acids is 2. The molecule has 0 amide bonds. The first-order valence-corrected chi connectivity index (χ1v) is 10.7. The van der Waals surface area contributed by atoms with E-state index in [4.69, 9.17) is 16.3 Å². The molecule has 3 nitrogen and oxygen atoms in total. The van der Waals surface area contributed by atoms with Crippen LogP contribution in [-0.2, 0) is 14.3 Å². The summed E-state index contributed by atoms with van der Waals surface area (Å²) in [5, 5.41) is 0.563. The standard InChI is InChI=1S/C22H25ClO3/c1-21-8-6-12-11-4-5-17(24)20(23)14(11)3-2-13(12)19(21)15-10-16(15)22(21)9-7-18(25)26-22/h7,9,11-13,15-16,19H,2-6,8,10H2,1H3/t11-,12-,13-,15+,16-,19-,21+,22+/m1/s1. The van der Waals surface area contributed by atoms with E-state index in [1.54, 1.807) is 6.08 Å². The van der Waals surface area contributed by atoms with E-state index in [0.29, 0.717) is 41.0 Å². The summed E-state index contributed by atoms with van der Waals surface area (Å²) in [5.41, 5.74) is 1.01. The summed E-state index contributed by atoms with van der Waals surface area (Å²) in [4.78, 5) is 24.0. The molecule has 4 heteroatoms. The van der Waals surface area contributed by atoms with Crippen molar-refractivity contribution in [3.63, 3.8) is 0 Å². The molecule has 1 aliphatic heterocycles. The van der Waals surface area contributed by atoms with Gasteiger partial charge in [-0.25, -0.2) is 4.79 Å². The number of hydrogen-bond acceptors (Lipinski definition) is 3. The highest BCUT2D eigenvalue weighted by Crippen LogP contribution is 2.77. The molecule has 0 radical (unpaired) electrons. The number of carbonyl (C=O) groups is 2. The number of ether oxygens (including phenoxy) is 1. The zero-order valence-electron chi connectivity index (χ0n) is 15.2. The third-order valence-corrected chi connectivity index (χ3v) is 9.60. The van der Waals surface area contributed by atoms with Gasteiger partial charge in [0.1, 0.15) is 5.60 Å². The second-order valence-electron chi connectivity index (χ2n) is 9.81. The first-order chi connectivity index (χ1) is 12.5. The molecule has 0 unspecified atom stereocenters. The molecular weight excluding hydrogens is 348 g/mol. The van der Waals surface area contributed by atoms with E-state index >= 15 is 0 Å². The van der Waals surface area contributed by atoms with Crippen molar-refractivity contribution in [3.8, 4) is 0 Å². The molecule has 0 aromatic rings. The van der Waals surface area contributed by atoms with Crippen LogP contribution in [-0.4, -0.2) is 17.4 Å². The highest BCUT2D eigenvalue weighted by atomic mass is 35.5. The lowest BCUT2D eigenvalue weighted by atomic mass is 9.49. The van der Waals surface area contributed by atoms with Gasteiger partial charge >= 0.3 is 5.97 Å². The molecule has 0 aromatic heterocycles. The van der Waals surface area contributed by atoms with Crippen LogP contribution < -0.4 is 0 Å². The molecule has 4 fully saturated rings. The lowest BCUT2D eigenvalue weighted by Crippen LogP contribution is -2.55. The molecule has 0 N–H and O–H groups in total. The van der Waals surface area contributed by atoms with E-state index in [-0.39, 0.29) is 22.8 Å². The Morgan fingerprint density at radius 3 is 2.73 bits per heavy atom. The first-order valence-electron chi connectivity index (χ1n) is 10.3. The Morgan fingerprint density at radius 2 is 1.96 bits per heavy atom. The Hall–Kier alpha value is -1.09. The maximum absolute atomic E-state index is 12.1. The third-order valence-electron chi connectivity index (χ3n) is 9.15. The van der Waals surface area contributed by atoms with Crippen LogP contribution in [0.4, 0.5) is 0 Å². The Kier molecular flexibility index (Phi) is 2.96. The van der Waals surface area contributed by atoms with Crippen LogP contribution in [0.1, 0.15) is 51.9 Å². The molecule has 4 saturated carbocycles. The van der Waals surface area contributed by atoms with Crippen molar-refractivity contribution >= 4 is 23.4 Å². The van der Waals surface area contributed by atoms with Crippen LogP contribution in [0.3, 0.4) is 0 Å². The van der Waals surface area contributed by atoms with Crippen molar-refractivity contribution in [2.45, 2.75) is 57.5 Å². The average molecular weight is 373 g/mol. The minimum absolute atomic E-state index is 0.0832. The molecule has 6 rings (SSSR count). The van der Waals surface area contributed by atoms with E-state index in [1.807, 2.05) is 0 Å². The Labute approximate surface area is 159 Å².